The van der Waals surface area contributed by atoms with Crippen molar-refractivity contribution in [1.29, 1.82) is 0 Å². The van der Waals surface area contributed by atoms with Gasteiger partial charge in [-0.2, -0.15) is 0 Å². The molecule has 1 spiro atoms. The van der Waals surface area contributed by atoms with Gasteiger partial charge >= 0.3 is 0 Å². The third kappa shape index (κ3) is 3.37. The highest BCUT2D eigenvalue weighted by Gasteiger charge is 2.47. The highest BCUT2D eigenvalue weighted by atomic mass is 32.1. The molecule has 0 aromatic carbocycles. The molecule has 2 aliphatic heterocycles. The quantitative estimate of drug-likeness (QED) is 0.794. The third-order valence-electron chi connectivity index (χ3n) is 5.24. The fourth-order valence-electron chi connectivity index (χ4n) is 3.75. The van der Waals surface area contributed by atoms with E-state index < -0.39 is 0 Å². The van der Waals surface area contributed by atoms with Gasteiger partial charge in [0, 0.05) is 35.9 Å². The molecule has 2 saturated heterocycles. The molecule has 2 aliphatic rings. The minimum atomic E-state index is -0.182. The van der Waals surface area contributed by atoms with Gasteiger partial charge in [-0.25, -0.2) is 0 Å². The molecule has 126 valence electrons. The number of morpholine rings is 1. The molecule has 0 aliphatic carbocycles. The number of ether oxygens (including phenoxy) is 1. The number of piperidine rings is 1. The first kappa shape index (κ1) is 16.7. The molecular weight excluding hydrogens is 308 g/mol. The number of rotatable bonds is 4. The first-order valence-electron chi connectivity index (χ1n) is 8.36. The monoisotopic (exact) mass is 334 g/mol. The zero-order valence-corrected chi connectivity index (χ0v) is 14.9. The summed E-state index contributed by atoms with van der Waals surface area (Å²) in [6.07, 6.45) is 3.78. The zero-order valence-electron chi connectivity index (χ0n) is 14.1. The Morgan fingerprint density at radius 2 is 2.17 bits per heavy atom. The summed E-state index contributed by atoms with van der Waals surface area (Å²) in [6.45, 7) is 12.0. The Kier molecular flexibility index (Phi) is 4.90. The molecule has 0 saturated carbocycles. The second kappa shape index (κ2) is 6.75. The van der Waals surface area contributed by atoms with Crippen LogP contribution in [0, 0.1) is 6.92 Å². The molecule has 23 heavy (non-hydrogen) atoms. The molecule has 4 nitrogen and oxygen atoms in total. The summed E-state index contributed by atoms with van der Waals surface area (Å²) in [5.41, 5.74) is -0.182. The van der Waals surface area contributed by atoms with Gasteiger partial charge in [0.25, 0.3) is 0 Å². The van der Waals surface area contributed by atoms with Crippen molar-refractivity contribution in [3.05, 3.63) is 34.5 Å². The Hall–Kier alpha value is -1.17. The number of hydrogen-bond acceptors (Lipinski definition) is 4. The van der Waals surface area contributed by atoms with Crippen molar-refractivity contribution < 1.29 is 9.53 Å². The van der Waals surface area contributed by atoms with Gasteiger partial charge in [0.15, 0.2) is 0 Å². The van der Waals surface area contributed by atoms with E-state index in [0.717, 1.165) is 32.5 Å². The summed E-state index contributed by atoms with van der Waals surface area (Å²) in [5.74, 6) is 0.0829. The van der Waals surface area contributed by atoms with E-state index in [0.29, 0.717) is 6.54 Å². The molecule has 1 atom stereocenters. The Morgan fingerprint density at radius 1 is 1.43 bits per heavy atom. The van der Waals surface area contributed by atoms with E-state index in [2.05, 4.69) is 37.5 Å². The maximum atomic E-state index is 12.1. The second-order valence-corrected chi connectivity index (χ2v) is 8.03. The van der Waals surface area contributed by atoms with Gasteiger partial charge in [0.05, 0.1) is 11.6 Å². The number of thiophene rings is 1. The number of carbonyl (C=O) groups is 1. The Balaban J connectivity index is 1.62. The molecule has 0 unspecified atom stereocenters. The average Bonchev–Trinajstić information content (AvgIpc) is 2.95. The minimum Gasteiger partial charge on any atom is -0.363 e. The van der Waals surface area contributed by atoms with Crippen LogP contribution in [-0.4, -0.2) is 53.6 Å². The van der Waals surface area contributed by atoms with Gasteiger partial charge in [-0.05, 0) is 38.8 Å². The first-order chi connectivity index (χ1) is 11.0. The highest BCUT2D eigenvalue weighted by molar-refractivity contribution is 7.11. The lowest BCUT2D eigenvalue weighted by molar-refractivity contribution is -0.185. The largest absolute Gasteiger partial charge is 0.363 e. The van der Waals surface area contributed by atoms with Gasteiger partial charge < -0.3 is 9.64 Å². The fraction of sp³-hybridized carbons (Fsp3) is 0.611. The lowest BCUT2D eigenvalue weighted by Gasteiger charge is -2.51. The Morgan fingerprint density at radius 3 is 2.78 bits per heavy atom. The number of amides is 1. The van der Waals surface area contributed by atoms with Crippen molar-refractivity contribution in [2.75, 3.05) is 26.2 Å². The van der Waals surface area contributed by atoms with E-state index in [9.17, 15) is 4.79 Å². The van der Waals surface area contributed by atoms with Crippen molar-refractivity contribution in [2.45, 2.75) is 44.9 Å². The molecule has 0 bridgehead atoms. The standard InChI is InChI=1S/C18H26N2O2S/c1-4-9-20-15(3)18(22-13-17(20)21)7-10-19(11-8-18)12-16-6-5-14(2)23-16/h4-6,15H,1,7-13H2,2-3H3/t15-/m0/s1. The van der Waals surface area contributed by atoms with Crippen LogP contribution >= 0.6 is 11.3 Å². The summed E-state index contributed by atoms with van der Waals surface area (Å²) in [4.78, 5) is 19.3. The maximum Gasteiger partial charge on any atom is 0.249 e. The van der Waals surface area contributed by atoms with Crippen LogP contribution in [-0.2, 0) is 16.1 Å². The summed E-state index contributed by atoms with van der Waals surface area (Å²) in [6, 6.07) is 4.54. The molecule has 0 N–H and O–H groups in total. The van der Waals surface area contributed by atoms with E-state index in [4.69, 9.17) is 4.74 Å². The molecule has 3 rings (SSSR count). The highest BCUT2D eigenvalue weighted by Crippen LogP contribution is 2.36. The van der Waals surface area contributed by atoms with Gasteiger partial charge in [0.2, 0.25) is 5.91 Å². The van der Waals surface area contributed by atoms with Crippen molar-refractivity contribution in [3.63, 3.8) is 0 Å². The summed E-state index contributed by atoms with van der Waals surface area (Å²) in [5, 5.41) is 0. The van der Waals surface area contributed by atoms with Gasteiger partial charge in [0.1, 0.15) is 6.61 Å². The lowest BCUT2D eigenvalue weighted by Crippen LogP contribution is -2.63. The smallest absolute Gasteiger partial charge is 0.249 e. The van der Waals surface area contributed by atoms with Crippen molar-refractivity contribution >= 4 is 17.2 Å². The molecule has 1 amide bonds. The number of carbonyl (C=O) groups excluding carboxylic acids is 1. The van der Waals surface area contributed by atoms with Crippen molar-refractivity contribution in [2.24, 2.45) is 0 Å². The van der Waals surface area contributed by atoms with Crippen LogP contribution in [0.4, 0.5) is 0 Å². The predicted octanol–water partition coefficient (Wildman–Crippen LogP) is 2.82. The van der Waals surface area contributed by atoms with Crippen LogP contribution in [0.1, 0.15) is 29.5 Å². The van der Waals surface area contributed by atoms with Crippen LogP contribution in [0.5, 0.6) is 0 Å². The lowest BCUT2D eigenvalue weighted by atomic mass is 9.82. The van der Waals surface area contributed by atoms with E-state index in [1.807, 2.05) is 22.3 Å². The van der Waals surface area contributed by atoms with Crippen LogP contribution < -0.4 is 0 Å². The SMILES string of the molecule is C=CCN1C(=O)COC2(CCN(Cc3ccc(C)s3)CC2)[C@@H]1C. The van der Waals surface area contributed by atoms with Crippen LogP contribution in [0.15, 0.2) is 24.8 Å². The molecule has 1 aromatic rings. The summed E-state index contributed by atoms with van der Waals surface area (Å²) in [7, 11) is 0. The normalized spacial score (nSPS) is 25.0. The number of likely N-dealkylation sites (tertiary alicyclic amines) is 1. The summed E-state index contributed by atoms with van der Waals surface area (Å²) >= 11 is 1.88. The van der Waals surface area contributed by atoms with Gasteiger partial charge in [-0.15, -0.1) is 17.9 Å². The van der Waals surface area contributed by atoms with Gasteiger partial charge in [-0.3, -0.25) is 9.69 Å². The maximum absolute atomic E-state index is 12.1. The van der Waals surface area contributed by atoms with E-state index in [1.165, 1.54) is 9.75 Å². The first-order valence-corrected chi connectivity index (χ1v) is 9.18. The van der Waals surface area contributed by atoms with Gasteiger partial charge in [-0.1, -0.05) is 6.08 Å². The van der Waals surface area contributed by atoms with E-state index in [-0.39, 0.29) is 24.2 Å². The van der Waals surface area contributed by atoms with Crippen LogP contribution in [0.25, 0.3) is 0 Å². The molecule has 2 fully saturated rings. The minimum absolute atomic E-state index is 0.0829. The van der Waals surface area contributed by atoms with Crippen molar-refractivity contribution in [3.8, 4) is 0 Å². The van der Waals surface area contributed by atoms with E-state index >= 15 is 0 Å². The molecule has 3 heterocycles. The Bertz CT molecular complexity index is 575. The number of aryl methyl sites for hydroxylation is 1. The molecule has 5 heteroatoms. The average molecular weight is 334 g/mol. The predicted molar refractivity (Wildman–Crippen MR) is 93.6 cm³/mol. The Labute approximate surface area is 142 Å². The van der Waals surface area contributed by atoms with E-state index in [1.54, 1.807) is 0 Å². The van der Waals surface area contributed by atoms with Crippen LogP contribution in [0.3, 0.4) is 0 Å². The summed E-state index contributed by atoms with van der Waals surface area (Å²) < 4.78 is 6.06. The molecular formula is C18H26N2O2S. The zero-order chi connectivity index (χ0) is 16.4. The topological polar surface area (TPSA) is 32.8 Å². The molecule has 0 radical (unpaired) electrons. The third-order valence-corrected chi connectivity index (χ3v) is 6.22. The number of hydrogen-bond donors (Lipinski definition) is 0. The number of nitrogens with zero attached hydrogens (tertiary/aromatic N) is 2. The van der Waals surface area contributed by atoms with Crippen molar-refractivity contribution in [1.82, 2.24) is 9.80 Å². The molecule has 1 aromatic heterocycles. The van der Waals surface area contributed by atoms with Crippen LogP contribution in [0.2, 0.25) is 0 Å². The fourth-order valence-corrected chi connectivity index (χ4v) is 4.68. The second-order valence-electron chi connectivity index (χ2n) is 6.65.